The molecule has 3 aromatic rings. The molecule has 8 heteroatoms. The summed E-state index contributed by atoms with van der Waals surface area (Å²) in [4.78, 5) is 24.8. The van der Waals surface area contributed by atoms with E-state index in [0.29, 0.717) is 29.3 Å². The van der Waals surface area contributed by atoms with Crippen LogP contribution in [-0.4, -0.2) is 29.6 Å². The van der Waals surface area contributed by atoms with Gasteiger partial charge < -0.3 is 0 Å². The highest BCUT2D eigenvalue weighted by Gasteiger charge is 2.31. The molecule has 0 spiro atoms. The van der Waals surface area contributed by atoms with Gasteiger partial charge in [0.25, 0.3) is 0 Å². The fraction of sp³-hybridized carbons (Fsp3) is 0.227. The molecule has 1 aliphatic rings. The van der Waals surface area contributed by atoms with Crippen LogP contribution in [0.1, 0.15) is 17.5 Å². The number of hydrogen-bond donors (Lipinski definition) is 0. The molecule has 0 radical (unpaired) electrons. The Morgan fingerprint density at radius 2 is 1.87 bits per heavy atom. The molecule has 0 saturated heterocycles. The zero-order chi connectivity index (χ0) is 21.3. The number of benzene rings is 1. The number of hydrogen-bond acceptors (Lipinski definition) is 3. The monoisotopic (exact) mass is 412 g/mol. The summed E-state index contributed by atoms with van der Waals surface area (Å²) < 4.78 is 39.3. The van der Waals surface area contributed by atoms with Crippen molar-refractivity contribution in [1.82, 2.24) is 9.97 Å². The molecule has 0 N–H and O–H groups in total. The van der Waals surface area contributed by atoms with E-state index in [4.69, 9.17) is 0 Å². The van der Waals surface area contributed by atoms with Gasteiger partial charge in [0.05, 0.1) is 11.3 Å². The van der Waals surface area contributed by atoms with E-state index < -0.39 is 11.7 Å². The average molecular weight is 412 g/mol. The molecule has 0 unspecified atom stereocenters. The molecule has 0 bridgehead atoms. The van der Waals surface area contributed by atoms with Crippen molar-refractivity contribution in [1.29, 1.82) is 0 Å². The van der Waals surface area contributed by atoms with E-state index in [1.807, 2.05) is 6.07 Å². The number of aromatic nitrogens is 2. The molecule has 1 aliphatic heterocycles. The second-order valence-corrected chi connectivity index (χ2v) is 7.06. The third-order valence-electron chi connectivity index (χ3n) is 5.09. The second kappa shape index (κ2) is 7.78. The van der Waals surface area contributed by atoms with Crippen LogP contribution in [0.25, 0.3) is 11.3 Å². The van der Waals surface area contributed by atoms with E-state index in [1.165, 1.54) is 11.0 Å². The van der Waals surface area contributed by atoms with Crippen molar-refractivity contribution in [3.05, 3.63) is 72.1 Å². The maximum absolute atomic E-state index is 13.1. The van der Waals surface area contributed by atoms with Crippen LogP contribution in [0.4, 0.5) is 29.5 Å². The molecule has 3 heterocycles. The molecule has 154 valence electrons. The lowest BCUT2D eigenvalue weighted by atomic mass is 10.0. The number of carbonyl (C=O) groups is 1. The second-order valence-electron chi connectivity index (χ2n) is 7.06. The van der Waals surface area contributed by atoms with Crippen LogP contribution < -0.4 is 9.80 Å². The molecule has 0 aliphatic carbocycles. The zero-order valence-corrected chi connectivity index (χ0v) is 16.2. The summed E-state index contributed by atoms with van der Waals surface area (Å²) in [7, 11) is 1.67. The fourth-order valence-corrected chi connectivity index (χ4v) is 3.50. The standard InChI is InChI=1S/C22H19F3N4O/c1-28(18-9-11-26-12-10-18)21(30)29-13-3-5-15-7-8-19(27-20(15)29)16-4-2-6-17(14-16)22(23,24)25/h2,4,6-12,14H,3,5,13H2,1H3. The quantitative estimate of drug-likeness (QED) is 0.583. The first kappa shape index (κ1) is 19.9. The number of halogens is 3. The van der Waals surface area contributed by atoms with Gasteiger partial charge in [-0.2, -0.15) is 13.2 Å². The number of urea groups is 1. The van der Waals surface area contributed by atoms with Crippen LogP contribution in [0.3, 0.4) is 0 Å². The van der Waals surface area contributed by atoms with Gasteiger partial charge >= 0.3 is 12.2 Å². The summed E-state index contributed by atoms with van der Waals surface area (Å²) in [6.45, 7) is 0.486. The molecule has 30 heavy (non-hydrogen) atoms. The van der Waals surface area contributed by atoms with Crippen molar-refractivity contribution < 1.29 is 18.0 Å². The van der Waals surface area contributed by atoms with Crippen molar-refractivity contribution in [2.75, 3.05) is 23.4 Å². The first-order valence-electron chi connectivity index (χ1n) is 9.47. The van der Waals surface area contributed by atoms with Crippen molar-refractivity contribution in [3.8, 4) is 11.3 Å². The number of amides is 2. The van der Waals surface area contributed by atoms with E-state index in [0.717, 1.165) is 30.5 Å². The normalized spacial score (nSPS) is 13.7. The van der Waals surface area contributed by atoms with Gasteiger partial charge in [0.1, 0.15) is 5.82 Å². The van der Waals surface area contributed by atoms with Crippen molar-refractivity contribution in [3.63, 3.8) is 0 Å². The Morgan fingerprint density at radius 3 is 2.60 bits per heavy atom. The Morgan fingerprint density at radius 1 is 1.10 bits per heavy atom. The van der Waals surface area contributed by atoms with Gasteiger partial charge in [-0.1, -0.05) is 18.2 Å². The lowest BCUT2D eigenvalue weighted by Crippen LogP contribution is -2.44. The molecular formula is C22H19F3N4O. The molecular weight excluding hydrogens is 393 g/mol. The van der Waals surface area contributed by atoms with E-state index >= 15 is 0 Å². The Hall–Kier alpha value is -3.42. The van der Waals surface area contributed by atoms with Gasteiger partial charge in [0, 0.05) is 37.2 Å². The Kier molecular flexibility index (Phi) is 5.15. The number of pyridine rings is 2. The Bertz CT molecular complexity index is 1070. The summed E-state index contributed by atoms with van der Waals surface area (Å²) >= 11 is 0. The third-order valence-corrected chi connectivity index (χ3v) is 5.09. The van der Waals surface area contributed by atoms with E-state index in [1.54, 1.807) is 48.6 Å². The topological polar surface area (TPSA) is 49.3 Å². The van der Waals surface area contributed by atoms with Gasteiger partial charge in [-0.25, -0.2) is 9.78 Å². The molecule has 0 fully saturated rings. The Balaban J connectivity index is 1.69. The number of anilines is 2. The molecule has 5 nitrogen and oxygen atoms in total. The SMILES string of the molecule is CN(C(=O)N1CCCc2ccc(-c3cccc(C(F)(F)F)c3)nc21)c1ccncc1. The van der Waals surface area contributed by atoms with Crippen LogP contribution in [-0.2, 0) is 12.6 Å². The number of rotatable bonds is 2. The van der Waals surface area contributed by atoms with E-state index in [2.05, 4.69) is 9.97 Å². The van der Waals surface area contributed by atoms with Crippen LogP contribution >= 0.6 is 0 Å². The average Bonchev–Trinajstić information content (AvgIpc) is 2.77. The summed E-state index contributed by atoms with van der Waals surface area (Å²) in [6, 6.07) is 11.8. The van der Waals surface area contributed by atoms with Gasteiger partial charge in [0.2, 0.25) is 0 Å². The number of nitrogens with zero attached hydrogens (tertiary/aromatic N) is 4. The van der Waals surface area contributed by atoms with Crippen LogP contribution in [0.5, 0.6) is 0 Å². The first-order chi connectivity index (χ1) is 14.3. The van der Waals surface area contributed by atoms with Crippen molar-refractivity contribution >= 4 is 17.5 Å². The lowest BCUT2D eigenvalue weighted by Gasteiger charge is -2.32. The predicted octanol–water partition coefficient (Wildman–Crippen LogP) is 5.17. The molecule has 2 amide bonds. The van der Waals surface area contributed by atoms with Crippen molar-refractivity contribution in [2.45, 2.75) is 19.0 Å². The first-order valence-corrected chi connectivity index (χ1v) is 9.47. The zero-order valence-electron chi connectivity index (χ0n) is 16.2. The highest BCUT2D eigenvalue weighted by Crippen LogP contribution is 2.34. The minimum Gasteiger partial charge on any atom is -0.297 e. The molecule has 1 aromatic carbocycles. The summed E-state index contributed by atoms with van der Waals surface area (Å²) in [5, 5.41) is 0. The fourth-order valence-electron chi connectivity index (χ4n) is 3.50. The maximum atomic E-state index is 13.1. The molecule has 0 atom stereocenters. The Labute approximate surface area is 171 Å². The largest absolute Gasteiger partial charge is 0.416 e. The van der Waals surface area contributed by atoms with Crippen molar-refractivity contribution in [2.24, 2.45) is 0 Å². The predicted molar refractivity (Wildman–Crippen MR) is 108 cm³/mol. The lowest BCUT2D eigenvalue weighted by molar-refractivity contribution is -0.137. The minimum atomic E-state index is -4.43. The number of alkyl halides is 3. The smallest absolute Gasteiger partial charge is 0.297 e. The number of aryl methyl sites for hydroxylation is 1. The van der Waals surface area contributed by atoms with E-state index in [-0.39, 0.29) is 6.03 Å². The van der Waals surface area contributed by atoms with Gasteiger partial charge in [0.15, 0.2) is 0 Å². The van der Waals surface area contributed by atoms with Crippen LogP contribution in [0.2, 0.25) is 0 Å². The van der Waals surface area contributed by atoms with Crippen LogP contribution in [0, 0.1) is 0 Å². The highest BCUT2D eigenvalue weighted by atomic mass is 19.4. The van der Waals surface area contributed by atoms with Crippen LogP contribution in [0.15, 0.2) is 60.9 Å². The molecule has 4 rings (SSSR count). The maximum Gasteiger partial charge on any atom is 0.416 e. The number of carbonyl (C=O) groups excluding carboxylic acids is 1. The third kappa shape index (κ3) is 3.85. The molecule has 2 aromatic heterocycles. The number of fused-ring (bicyclic) bond motifs is 1. The van der Waals surface area contributed by atoms with Gasteiger partial charge in [-0.3, -0.25) is 14.8 Å². The molecule has 0 saturated carbocycles. The van der Waals surface area contributed by atoms with Gasteiger partial charge in [-0.15, -0.1) is 0 Å². The highest BCUT2D eigenvalue weighted by molar-refractivity contribution is 6.03. The summed E-state index contributed by atoms with van der Waals surface area (Å²) in [5.74, 6) is 0.488. The van der Waals surface area contributed by atoms with E-state index in [9.17, 15) is 18.0 Å². The van der Waals surface area contributed by atoms with Gasteiger partial charge in [-0.05, 0) is 48.7 Å². The summed E-state index contributed by atoms with van der Waals surface area (Å²) in [5.41, 5.74) is 1.61. The minimum absolute atomic E-state index is 0.254. The summed E-state index contributed by atoms with van der Waals surface area (Å²) in [6.07, 6.45) is 0.321.